The molecule has 0 fully saturated rings. The lowest BCUT2D eigenvalue weighted by molar-refractivity contribution is 0.399. The number of anilines is 1. The molecule has 0 atom stereocenters. The maximum atomic E-state index is 5.73. The summed E-state index contributed by atoms with van der Waals surface area (Å²) in [7, 11) is 1.57. The van der Waals surface area contributed by atoms with E-state index >= 15 is 0 Å². The molecular weight excluding hydrogens is 202 g/mol. The van der Waals surface area contributed by atoms with E-state index in [-0.39, 0.29) is 12.4 Å². The van der Waals surface area contributed by atoms with Crippen LogP contribution in [0.4, 0.5) is 5.69 Å². The van der Waals surface area contributed by atoms with Gasteiger partial charge < -0.3 is 10.5 Å². The Kier molecular flexibility index (Phi) is 3.09. The first-order valence-electron chi connectivity index (χ1n) is 3.86. The normalized spacial score (nSPS) is 9.50. The highest BCUT2D eigenvalue weighted by Crippen LogP contribution is 2.19. The van der Waals surface area contributed by atoms with Gasteiger partial charge in [-0.15, -0.1) is 12.4 Å². The van der Waals surface area contributed by atoms with Crippen LogP contribution in [-0.2, 0) is 0 Å². The van der Waals surface area contributed by atoms with Gasteiger partial charge in [0.25, 0.3) is 0 Å². The number of hydrogen-bond acceptors (Lipinski definition) is 4. The van der Waals surface area contributed by atoms with Crippen molar-refractivity contribution in [1.29, 1.82) is 0 Å². The Labute approximate surface area is 87.5 Å². The number of aromatic nitrogens is 2. The van der Waals surface area contributed by atoms with Gasteiger partial charge in [0.2, 0.25) is 5.88 Å². The largest absolute Gasteiger partial charge is 0.481 e. The van der Waals surface area contributed by atoms with E-state index in [4.69, 9.17) is 10.5 Å². The maximum Gasteiger partial charge on any atom is 0.215 e. The molecule has 4 nitrogen and oxygen atoms in total. The highest BCUT2D eigenvalue weighted by Gasteiger charge is 2.00. The number of nitrogen functional groups attached to an aromatic ring is 1. The summed E-state index contributed by atoms with van der Waals surface area (Å²) in [5, 5.41) is 0.850. The number of fused-ring (bicyclic) bond motifs is 1. The summed E-state index contributed by atoms with van der Waals surface area (Å²) in [5.41, 5.74) is 7.02. The molecular formula is C9H10ClN3O. The summed E-state index contributed by atoms with van der Waals surface area (Å²) >= 11 is 0. The molecule has 2 rings (SSSR count). The Hall–Kier alpha value is -1.55. The van der Waals surface area contributed by atoms with Crippen molar-refractivity contribution in [3.05, 3.63) is 24.4 Å². The lowest BCUT2D eigenvalue weighted by Crippen LogP contribution is -1.93. The molecule has 2 aromatic heterocycles. The number of nitrogens with two attached hydrogens (primary N) is 1. The molecule has 5 heteroatoms. The van der Waals surface area contributed by atoms with E-state index in [1.54, 1.807) is 25.4 Å². The Bertz CT molecular complexity index is 447. The number of pyridine rings is 2. The van der Waals surface area contributed by atoms with Crippen LogP contribution >= 0.6 is 12.4 Å². The molecule has 2 aromatic rings. The minimum absolute atomic E-state index is 0. The van der Waals surface area contributed by atoms with Gasteiger partial charge in [-0.2, -0.15) is 4.98 Å². The van der Waals surface area contributed by atoms with Gasteiger partial charge in [0.1, 0.15) is 0 Å². The van der Waals surface area contributed by atoms with Gasteiger partial charge in [0.05, 0.1) is 7.11 Å². The second-order valence-corrected chi connectivity index (χ2v) is 2.62. The van der Waals surface area contributed by atoms with Crippen LogP contribution in [-0.4, -0.2) is 17.1 Å². The minimum atomic E-state index is 0. The monoisotopic (exact) mass is 211 g/mol. The quantitative estimate of drug-likeness (QED) is 0.779. The summed E-state index contributed by atoms with van der Waals surface area (Å²) in [6.45, 7) is 0. The first-order chi connectivity index (χ1) is 6.31. The molecule has 0 saturated heterocycles. The number of rotatable bonds is 1. The van der Waals surface area contributed by atoms with Crippen LogP contribution in [0.25, 0.3) is 11.0 Å². The van der Waals surface area contributed by atoms with E-state index < -0.39 is 0 Å². The molecule has 0 saturated carbocycles. The molecule has 0 aliphatic carbocycles. The number of hydrogen-bond donors (Lipinski definition) is 1. The molecule has 0 aliphatic heterocycles. The van der Waals surface area contributed by atoms with Gasteiger partial charge in [-0.25, -0.2) is 4.98 Å². The highest BCUT2D eigenvalue weighted by atomic mass is 35.5. The molecule has 2 heterocycles. The molecule has 0 unspecified atom stereocenters. The van der Waals surface area contributed by atoms with Crippen molar-refractivity contribution < 1.29 is 4.74 Å². The first-order valence-corrected chi connectivity index (χ1v) is 3.86. The Morgan fingerprint density at radius 3 is 2.79 bits per heavy atom. The molecule has 14 heavy (non-hydrogen) atoms. The van der Waals surface area contributed by atoms with E-state index in [2.05, 4.69) is 9.97 Å². The van der Waals surface area contributed by atoms with Gasteiger partial charge in [-0.05, 0) is 12.1 Å². The summed E-state index contributed by atoms with van der Waals surface area (Å²) in [6.07, 6.45) is 1.63. The second kappa shape index (κ2) is 4.11. The van der Waals surface area contributed by atoms with E-state index in [1.165, 1.54) is 0 Å². The fourth-order valence-electron chi connectivity index (χ4n) is 1.15. The Balaban J connectivity index is 0.000000980. The van der Waals surface area contributed by atoms with Crippen molar-refractivity contribution in [3.63, 3.8) is 0 Å². The van der Waals surface area contributed by atoms with Crippen LogP contribution in [0.1, 0.15) is 0 Å². The van der Waals surface area contributed by atoms with Gasteiger partial charge in [-0.3, -0.25) is 0 Å². The summed E-state index contributed by atoms with van der Waals surface area (Å²) in [5.74, 6) is 0.547. The molecule has 0 radical (unpaired) electrons. The van der Waals surface area contributed by atoms with Crippen molar-refractivity contribution in [2.45, 2.75) is 0 Å². The standard InChI is InChI=1S/C9H9N3O.ClH/c1-13-8-3-2-6-7(10)4-5-11-9(6)12-8;/h2-5H,1H3,(H2,10,11,12);1H. The van der Waals surface area contributed by atoms with Crippen LogP contribution in [0.5, 0.6) is 5.88 Å². The highest BCUT2D eigenvalue weighted by molar-refractivity contribution is 5.87. The fraction of sp³-hybridized carbons (Fsp3) is 0.111. The van der Waals surface area contributed by atoms with Crippen LogP contribution < -0.4 is 10.5 Å². The lowest BCUT2D eigenvalue weighted by atomic mass is 10.2. The predicted molar refractivity (Wildman–Crippen MR) is 57.8 cm³/mol. The third kappa shape index (κ3) is 1.70. The predicted octanol–water partition coefficient (Wildman–Crippen LogP) is 1.64. The number of halogens is 1. The molecule has 0 spiro atoms. The van der Waals surface area contributed by atoms with Gasteiger partial charge in [-0.1, -0.05) is 0 Å². The zero-order valence-electron chi connectivity index (χ0n) is 7.60. The lowest BCUT2D eigenvalue weighted by Gasteiger charge is -2.01. The first kappa shape index (κ1) is 10.5. The van der Waals surface area contributed by atoms with Crippen LogP contribution in [0, 0.1) is 0 Å². The molecule has 0 aliphatic rings. The Morgan fingerprint density at radius 1 is 1.29 bits per heavy atom. The average molecular weight is 212 g/mol. The topological polar surface area (TPSA) is 61.0 Å². The summed E-state index contributed by atoms with van der Waals surface area (Å²) < 4.78 is 4.97. The minimum Gasteiger partial charge on any atom is -0.481 e. The van der Waals surface area contributed by atoms with Crippen molar-refractivity contribution in [2.24, 2.45) is 0 Å². The number of nitrogens with zero attached hydrogens (tertiary/aromatic N) is 2. The van der Waals surface area contributed by atoms with E-state index in [0.717, 1.165) is 5.39 Å². The molecule has 74 valence electrons. The van der Waals surface area contributed by atoms with Crippen molar-refractivity contribution in [3.8, 4) is 5.88 Å². The van der Waals surface area contributed by atoms with Gasteiger partial charge in [0, 0.05) is 23.3 Å². The number of ether oxygens (including phenoxy) is 1. The van der Waals surface area contributed by atoms with Crippen molar-refractivity contribution >= 4 is 29.1 Å². The van der Waals surface area contributed by atoms with E-state index in [1.807, 2.05) is 6.07 Å². The van der Waals surface area contributed by atoms with Gasteiger partial charge >= 0.3 is 0 Å². The SMILES string of the molecule is COc1ccc2c(N)ccnc2n1.Cl. The maximum absolute atomic E-state index is 5.73. The third-order valence-electron chi connectivity index (χ3n) is 1.82. The molecule has 0 bridgehead atoms. The summed E-state index contributed by atoms with van der Waals surface area (Å²) in [4.78, 5) is 8.22. The van der Waals surface area contributed by atoms with Crippen LogP contribution in [0.15, 0.2) is 24.4 Å². The van der Waals surface area contributed by atoms with E-state index in [9.17, 15) is 0 Å². The van der Waals surface area contributed by atoms with Crippen LogP contribution in [0.3, 0.4) is 0 Å². The van der Waals surface area contributed by atoms with Crippen molar-refractivity contribution in [1.82, 2.24) is 9.97 Å². The molecule has 0 amide bonds. The smallest absolute Gasteiger partial charge is 0.215 e. The van der Waals surface area contributed by atoms with E-state index in [0.29, 0.717) is 17.2 Å². The zero-order chi connectivity index (χ0) is 9.26. The van der Waals surface area contributed by atoms with Crippen molar-refractivity contribution in [2.75, 3.05) is 12.8 Å². The third-order valence-corrected chi connectivity index (χ3v) is 1.82. The van der Waals surface area contributed by atoms with Gasteiger partial charge in [0.15, 0.2) is 5.65 Å². The summed E-state index contributed by atoms with van der Waals surface area (Å²) in [6, 6.07) is 5.36. The average Bonchev–Trinajstić information content (AvgIpc) is 2.18. The fourth-order valence-corrected chi connectivity index (χ4v) is 1.15. The van der Waals surface area contributed by atoms with Crippen LogP contribution in [0.2, 0.25) is 0 Å². The second-order valence-electron chi connectivity index (χ2n) is 2.62. The molecule has 2 N–H and O–H groups in total. The Morgan fingerprint density at radius 2 is 2.07 bits per heavy atom. The number of methoxy groups -OCH3 is 1. The zero-order valence-corrected chi connectivity index (χ0v) is 8.41. The molecule has 0 aromatic carbocycles.